The molecule has 5 N–H and O–H groups in total. The lowest BCUT2D eigenvalue weighted by molar-refractivity contribution is -0.0563. The molecule has 32 heavy (non-hydrogen) atoms. The second-order valence-corrected chi connectivity index (χ2v) is 12.1. The Morgan fingerprint density at radius 3 is 2.59 bits per heavy atom. The van der Waals surface area contributed by atoms with Crippen LogP contribution in [0.1, 0.15) is 26.7 Å². The van der Waals surface area contributed by atoms with Gasteiger partial charge in [-0.3, -0.25) is 16.2 Å². The first-order valence-corrected chi connectivity index (χ1v) is 13.2. The fourth-order valence-electron chi connectivity index (χ4n) is 5.69. The SMILES string of the molecule is COC1NCC2CNN(C)C2C1NS(=O)(=O)C1CNN(C2CC(C(C)(C)OC)CCN2)C1. The van der Waals surface area contributed by atoms with Crippen LogP contribution in [0, 0.1) is 11.8 Å². The zero-order chi connectivity index (χ0) is 23.1. The van der Waals surface area contributed by atoms with Crippen LogP contribution >= 0.6 is 0 Å². The van der Waals surface area contributed by atoms with Gasteiger partial charge in [-0.1, -0.05) is 0 Å². The molecule has 0 radical (unpaired) electrons. The van der Waals surface area contributed by atoms with E-state index in [-0.39, 0.29) is 30.1 Å². The maximum Gasteiger partial charge on any atom is 0.217 e. The molecule has 4 rings (SSSR count). The van der Waals surface area contributed by atoms with E-state index in [2.05, 4.69) is 45.1 Å². The van der Waals surface area contributed by atoms with Crippen molar-refractivity contribution < 1.29 is 17.9 Å². The van der Waals surface area contributed by atoms with Crippen LogP contribution in [0.3, 0.4) is 0 Å². The van der Waals surface area contributed by atoms with Gasteiger partial charge in [-0.25, -0.2) is 23.2 Å². The molecule has 0 aromatic rings. The van der Waals surface area contributed by atoms with Crippen LogP contribution in [0.15, 0.2) is 0 Å². The summed E-state index contributed by atoms with van der Waals surface area (Å²) in [5.41, 5.74) is 6.46. The highest BCUT2D eigenvalue weighted by Crippen LogP contribution is 2.32. The second kappa shape index (κ2) is 9.68. The monoisotopic (exact) mass is 475 g/mol. The van der Waals surface area contributed by atoms with Crippen molar-refractivity contribution in [2.45, 2.75) is 62.0 Å². The number of piperidine rings is 2. The fraction of sp³-hybridized carbons (Fsp3) is 1.00. The Morgan fingerprint density at radius 2 is 1.88 bits per heavy atom. The number of hydrogen-bond donors (Lipinski definition) is 5. The molecule has 7 unspecified atom stereocenters. The quantitative estimate of drug-likeness (QED) is 0.289. The van der Waals surface area contributed by atoms with Gasteiger partial charge in [0.05, 0.1) is 17.8 Å². The van der Waals surface area contributed by atoms with Crippen molar-refractivity contribution in [3.05, 3.63) is 0 Å². The molecular weight excluding hydrogens is 434 g/mol. The Morgan fingerprint density at radius 1 is 1.09 bits per heavy atom. The number of nitrogens with one attached hydrogen (secondary N) is 5. The normalized spacial score (nSPS) is 40.0. The van der Waals surface area contributed by atoms with Crippen molar-refractivity contribution in [3.8, 4) is 0 Å². The van der Waals surface area contributed by atoms with Crippen molar-refractivity contribution in [3.63, 3.8) is 0 Å². The highest BCUT2D eigenvalue weighted by atomic mass is 32.2. The summed E-state index contributed by atoms with van der Waals surface area (Å²) in [5.74, 6) is 0.734. The third kappa shape index (κ3) is 4.85. The Bertz CT molecular complexity index is 754. The van der Waals surface area contributed by atoms with Crippen LogP contribution in [0.2, 0.25) is 0 Å². The Balaban J connectivity index is 1.41. The molecule has 11 nitrogen and oxygen atoms in total. The third-order valence-corrected chi connectivity index (χ3v) is 9.78. The number of ether oxygens (including phenoxy) is 2. The topological polar surface area (TPSA) is 119 Å². The number of nitrogens with zero attached hydrogens (tertiary/aromatic N) is 2. The van der Waals surface area contributed by atoms with E-state index >= 15 is 0 Å². The van der Waals surface area contributed by atoms with Crippen LogP contribution in [0.4, 0.5) is 0 Å². The lowest BCUT2D eigenvalue weighted by Crippen LogP contribution is -2.67. The lowest BCUT2D eigenvalue weighted by Gasteiger charge is -2.42. The fourth-order valence-corrected chi connectivity index (χ4v) is 7.18. The van der Waals surface area contributed by atoms with Crippen molar-refractivity contribution in [1.82, 2.24) is 36.2 Å². The molecule has 4 heterocycles. The van der Waals surface area contributed by atoms with Crippen LogP contribution in [-0.2, 0) is 19.5 Å². The van der Waals surface area contributed by atoms with Crippen LogP contribution in [0.25, 0.3) is 0 Å². The number of rotatable bonds is 7. The molecule has 0 aromatic heterocycles. The van der Waals surface area contributed by atoms with Crippen molar-refractivity contribution in [1.29, 1.82) is 0 Å². The van der Waals surface area contributed by atoms with Crippen molar-refractivity contribution in [2.75, 3.05) is 54.0 Å². The molecule has 4 fully saturated rings. The summed E-state index contributed by atoms with van der Waals surface area (Å²) in [7, 11) is 1.78. The number of sulfonamides is 1. The van der Waals surface area contributed by atoms with Gasteiger partial charge in [0, 0.05) is 59.4 Å². The minimum absolute atomic E-state index is 0.0403. The van der Waals surface area contributed by atoms with E-state index in [0.29, 0.717) is 24.9 Å². The second-order valence-electron chi connectivity index (χ2n) is 10.1. The standard InChI is InChI=1S/C20H41N7O4S/c1-20(2,31-5)14-6-7-21-16(8-14)27-12-15(11-24-27)32(28,29)25-17-18-13(10-23-26(18)3)9-22-19(17)30-4/h13-19,21-25H,6-12H2,1-5H3. The van der Waals surface area contributed by atoms with Crippen molar-refractivity contribution in [2.24, 2.45) is 11.8 Å². The van der Waals surface area contributed by atoms with E-state index in [1.54, 1.807) is 14.2 Å². The Labute approximate surface area is 192 Å². The Hall–Kier alpha value is -0.410. The molecule has 0 spiro atoms. The number of hydrogen-bond acceptors (Lipinski definition) is 10. The minimum atomic E-state index is -3.56. The molecule has 0 aliphatic carbocycles. The average Bonchev–Trinajstić information content (AvgIpc) is 3.42. The van der Waals surface area contributed by atoms with Gasteiger partial charge in [-0.15, -0.1) is 0 Å². The summed E-state index contributed by atoms with van der Waals surface area (Å²) in [6.07, 6.45) is 1.68. The summed E-state index contributed by atoms with van der Waals surface area (Å²) in [5, 5.41) is 10.4. The van der Waals surface area contributed by atoms with Gasteiger partial charge < -0.3 is 14.8 Å². The molecule has 12 heteroatoms. The number of fused-ring (bicyclic) bond motifs is 1. The minimum Gasteiger partial charge on any atom is -0.379 e. The molecule has 0 saturated carbocycles. The van der Waals surface area contributed by atoms with Gasteiger partial charge in [-0.2, -0.15) is 0 Å². The van der Waals surface area contributed by atoms with E-state index in [9.17, 15) is 8.42 Å². The first-order chi connectivity index (χ1) is 15.2. The molecule has 4 aliphatic rings. The average molecular weight is 476 g/mol. The van der Waals surface area contributed by atoms with Gasteiger partial charge in [0.15, 0.2) is 0 Å². The highest BCUT2D eigenvalue weighted by Gasteiger charge is 2.48. The summed E-state index contributed by atoms with van der Waals surface area (Å²) in [6, 6.07) is -0.323. The maximum atomic E-state index is 13.4. The van der Waals surface area contributed by atoms with Crippen molar-refractivity contribution >= 4 is 10.0 Å². The molecule has 0 amide bonds. The largest absolute Gasteiger partial charge is 0.379 e. The lowest BCUT2D eigenvalue weighted by atomic mass is 9.82. The zero-order valence-corrected chi connectivity index (χ0v) is 20.7. The van der Waals surface area contributed by atoms with Gasteiger partial charge in [0.2, 0.25) is 10.0 Å². The van der Waals surface area contributed by atoms with Gasteiger partial charge in [0.1, 0.15) is 11.5 Å². The Kier molecular flexibility index (Phi) is 7.48. The van der Waals surface area contributed by atoms with Gasteiger partial charge in [-0.05, 0) is 39.2 Å². The molecule has 4 saturated heterocycles. The van der Waals surface area contributed by atoms with Crippen LogP contribution < -0.4 is 26.2 Å². The summed E-state index contributed by atoms with van der Waals surface area (Å²) in [6.45, 7) is 7.60. The van der Waals surface area contributed by atoms with Crippen LogP contribution in [0.5, 0.6) is 0 Å². The van der Waals surface area contributed by atoms with E-state index in [4.69, 9.17) is 9.47 Å². The summed E-state index contributed by atoms with van der Waals surface area (Å²) in [4.78, 5) is 0. The van der Waals surface area contributed by atoms with Crippen LogP contribution in [-0.4, -0.2) is 108 Å². The molecule has 7 atom stereocenters. The molecule has 0 bridgehead atoms. The first kappa shape index (κ1) is 24.7. The van der Waals surface area contributed by atoms with E-state index in [0.717, 1.165) is 32.5 Å². The third-order valence-electron chi connectivity index (χ3n) is 7.99. The molecular formula is C20H41N7O4S. The van der Waals surface area contributed by atoms with E-state index in [1.807, 2.05) is 12.1 Å². The highest BCUT2D eigenvalue weighted by molar-refractivity contribution is 7.90. The molecule has 0 aromatic carbocycles. The van der Waals surface area contributed by atoms with Gasteiger partial charge in [0.25, 0.3) is 0 Å². The number of methoxy groups -OCH3 is 2. The number of hydrazine groups is 2. The number of likely N-dealkylation sites (N-methyl/N-ethyl adjacent to an activating group) is 1. The summed E-state index contributed by atoms with van der Waals surface area (Å²) >= 11 is 0. The molecule has 4 aliphatic heterocycles. The summed E-state index contributed by atoms with van der Waals surface area (Å²) < 4.78 is 41.1. The first-order valence-electron chi connectivity index (χ1n) is 11.7. The van der Waals surface area contributed by atoms with E-state index < -0.39 is 15.3 Å². The smallest absolute Gasteiger partial charge is 0.217 e. The molecule has 186 valence electrons. The maximum absolute atomic E-state index is 13.4. The predicted octanol–water partition coefficient (Wildman–Crippen LogP) is -1.78. The predicted molar refractivity (Wildman–Crippen MR) is 122 cm³/mol. The van der Waals surface area contributed by atoms with E-state index in [1.165, 1.54) is 0 Å². The zero-order valence-electron chi connectivity index (χ0n) is 19.9. The van der Waals surface area contributed by atoms with Gasteiger partial charge >= 0.3 is 0 Å².